The largest absolute Gasteiger partial charge is 0.396 e. The molecule has 2 nitrogen and oxygen atoms in total. The minimum atomic E-state index is 0.200. The molecular formula is C13H14BrNOS. The highest BCUT2D eigenvalue weighted by Crippen LogP contribution is 2.18. The van der Waals surface area contributed by atoms with E-state index in [4.69, 9.17) is 0 Å². The molecule has 1 aromatic heterocycles. The van der Waals surface area contributed by atoms with Gasteiger partial charge in [-0.2, -0.15) is 0 Å². The first kappa shape index (κ1) is 12.7. The fraction of sp³-hybridized carbons (Fsp3) is 0.308. The molecule has 0 aliphatic rings. The SMILES string of the molecule is OCC(Cc1cccc(Br)c1)Cc1nccs1. The van der Waals surface area contributed by atoms with Crippen LogP contribution in [0, 0.1) is 5.92 Å². The van der Waals surface area contributed by atoms with E-state index in [1.807, 2.05) is 23.7 Å². The lowest BCUT2D eigenvalue weighted by Crippen LogP contribution is -2.12. The van der Waals surface area contributed by atoms with Crippen LogP contribution >= 0.6 is 27.3 Å². The number of hydrogen-bond acceptors (Lipinski definition) is 3. The Morgan fingerprint density at radius 3 is 2.88 bits per heavy atom. The molecule has 0 spiro atoms. The van der Waals surface area contributed by atoms with Gasteiger partial charge in [0.15, 0.2) is 0 Å². The summed E-state index contributed by atoms with van der Waals surface area (Å²) in [6.45, 7) is 0.200. The minimum absolute atomic E-state index is 0.200. The van der Waals surface area contributed by atoms with E-state index in [-0.39, 0.29) is 12.5 Å². The summed E-state index contributed by atoms with van der Waals surface area (Å²) in [5.74, 6) is 0.246. The normalized spacial score (nSPS) is 12.6. The molecule has 1 aromatic carbocycles. The molecule has 1 atom stereocenters. The van der Waals surface area contributed by atoms with Crippen molar-refractivity contribution in [2.75, 3.05) is 6.61 Å². The molecule has 17 heavy (non-hydrogen) atoms. The van der Waals surface area contributed by atoms with Crippen LogP contribution in [0.15, 0.2) is 40.3 Å². The number of aliphatic hydroxyl groups excluding tert-OH is 1. The molecule has 0 saturated carbocycles. The van der Waals surface area contributed by atoms with E-state index >= 15 is 0 Å². The molecule has 0 radical (unpaired) electrons. The lowest BCUT2D eigenvalue weighted by molar-refractivity contribution is 0.225. The number of benzene rings is 1. The van der Waals surface area contributed by atoms with Crippen LogP contribution in [-0.4, -0.2) is 16.7 Å². The molecule has 0 fully saturated rings. The van der Waals surface area contributed by atoms with Gasteiger partial charge in [0.1, 0.15) is 0 Å². The van der Waals surface area contributed by atoms with Gasteiger partial charge in [-0.15, -0.1) is 11.3 Å². The van der Waals surface area contributed by atoms with Gasteiger partial charge in [0, 0.05) is 29.1 Å². The summed E-state index contributed by atoms with van der Waals surface area (Å²) in [4.78, 5) is 4.26. The van der Waals surface area contributed by atoms with E-state index in [9.17, 15) is 5.11 Å². The van der Waals surface area contributed by atoms with E-state index in [1.165, 1.54) is 5.56 Å². The van der Waals surface area contributed by atoms with Crippen molar-refractivity contribution in [3.8, 4) is 0 Å². The predicted octanol–water partition coefficient (Wildman–Crippen LogP) is 3.30. The number of aromatic nitrogens is 1. The zero-order chi connectivity index (χ0) is 12.1. The third-order valence-corrected chi connectivity index (χ3v) is 3.91. The average molecular weight is 312 g/mol. The zero-order valence-corrected chi connectivity index (χ0v) is 11.7. The molecule has 4 heteroatoms. The lowest BCUT2D eigenvalue weighted by Gasteiger charge is -2.12. The maximum atomic E-state index is 9.42. The molecule has 1 unspecified atom stereocenters. The quantitative estimate of drug-likeness (QED) is 0.919. The first-order valence-corrected chi connectivity index (χ1v) is 7.19. The number of rotatable bonds is 5. The molecular weight excluding hydrogens is 298 g/mol. The summed E-state index contributed by atoms with van der Waals surface area (Å²) in [6, 6.07) is 8.23. The fourth-order valence-electron chi connectivity index (χ4n) is 1.80. The van der Waals surface area contributed by atoms with Crippen LogP contribution in [-0.2, 0) is 12.8 Å². The highest BCUT2D eigenvalue weighted by Gasteiger charge is 2.11. The summed E-state index contributed by atoms with van der Waals surface area (Å²) < 4.78 is 1.08. The van der Waals surface area contributed by atoms with Gasteiger partial charge in [0.25, 0.3) is 0 Å². The van der Waals surface area contributed by atoms with Crippen LogP contribution in [0.4, 0.5) is 0 Å². The molecule has 1 N–H and O–H groups in total. The van der Waals surface area contributed by atoms with Gasteiger partial charge in [-0.1, -0.05) is 28.1 Å². The predicted molar refractivity (Wildman–Crippen MR) is 74.2 cm³/mol. The molecule has 2 rings (SSSR count). The zero-order valence-electron chi connectivity index (χ0n) is 9.34. The van der Waals surface area contributed by atoms with Crippen LogP contribution in [0.3, 0.4) is 0 Å². The Balaban J connectivity index is 2.00. The van der Waals surface area contributed by atoms with E-state index < -0.39 is 0 Å². The van der Waals surface area contributed by atoms with Gasteiger partial charge in [-0.25, -0.2) is 4.98 Å². The second-order valence-corrected chi connectivity index (χ2v) is 5.91. The molecule has 1 heterocycles. The lowest BCUT2D eigenvalue weighted by atomic mass is 9.97. The van der Waals surface area contributed by atoms with Gasteiger partial charge in [0.2, 0.25) is 0 Å². The van der Waals surface area contributed by atoms with Gasteiger partial charge in [-0.3, -0.25) is 0 Å². The van der Waals surface area contributed by atoms with Gasteiger partial charge < -0.3 is 5.11 Å². The number of aliphatic hydroxyl groups is 1. The van der Waals surface area contributed by atoms with E-state index in [0.29, 0.717) is 0 Å². The maximum Gasteiger partial charge on any atom is 0.0928 e. The Kier molecular flexibility index (Phi) is 4.71. The molecule has 0 aliphatic heterocycles. The summed E-state index contributed by atoms with van der Waals surface area (Å²) in [6.07, 6.45) is 3.55. The Labute approximate surface area is 113 Å². The summed E-state index contributed by atoms with van der Waals surface area (Å²) in [7, 11) is 0. The average Bonchev–Trinajstić information content (AvgIpc) is 2.81. The maximum absolute atomic E-state index is 9.42. The van der Waals surface area contributed by atoms with Crippen molar-refractivity contribution in [1.82, 2.24) is 4.98 Å². The van der Waals surface area contributed by atoms with Crippen molar-refractivity contribution in [1.29, 1.82) is 0 Å². The standard InChI is InChI=1S/C13H14BrNOS/c14-12-3-1-2-10(7-12)6-11(9-16)8-13-15-4-5-17-13/h1-5,7,11,16H,6,8-9H2. The Bertz CT molecular complexity index is 458. The number of nitrogens with zero attached hydrogens (tertiary/aromatic N) is 1. The fourth-order valence-corrected chi connectivity index (χ4v) is 2.98. The van der Waals surface area contributed by atoms with Crippen molar-refractivity contribution in [3.63, 3.8) is 0 Å². The molecule has 90 valence electrons. The van der Waals surface area contributed by atoms with Crippen molar-refractivity contribution in [2.45, 2.75) is 12.8 Å². The van der Waals surface area contributed by atoms with Crippen molar-refractivity contribution in [2.24, 2.45) is 5.92 Å². The third-order valence-electron chi connectivity index (χ3n) is 2.62. The Hall–Kier alpha value is -0.710. The van der Waals surface area contributed by atoms with Crippen LogP contribution in [0.25, 0.3) is 0 Å². The van der Waals surface area contributed by atoms with Crippen molar-refractivity contribution >= 4 is 27.3 Å². The van der Waals surface area contributed by atoms with E-state index in [0.717, 1.165) is 22.3 Å². The van der Waals surface area contributed by atoms with Crippen LogP contribution in [0.2, 0.25) is 0 Å². The number of hydrogen-bond donors (Lipinski definition) is 1. The second-order valence-electron chi connectivity index (χ2n) is 4.01. The molecule has 0 amide bonds. The summed E-state index contributed by atoms with van der Waals surface area (Å²) >= 11 is 5.11. The first-order valence-electron chi connectivity index (χ1n) is 5.51. The summed E-state index contributed by atoms with van der Waals surface area (Å²) in [5.41, 5.74) is 1.25. The monoisotopic (exact) mass is 311 g/mol. The minimum Gasteiger partial charge on any atom is -0.396 e. The molecule has 0 aliphatic carbocycles. The Morgan fingerprint density at radius 2 is 2.24 bits per heavy atom. The van der Waals surface area contributed by atoms with Gasteiger partial charge in [0.05, 0.1) is 5.01 Å². The van der Waals surface area contributed by atoms with Crippen molar-refractivity contribution in [3.05, 3.63) is 50.9 Å². The van der Waals surface area contributed by atoms with E-state index in [1.54, 1.807) is 11.3 Å². The number of thiazole rings is 1. The topological polar surface area (TPSA) is 33.1 Å². The summed E-state index contributed by atoms with van der Waals surface area (Å²) in [5, 5.41) is 12.5. The van der Waals surface area contributed by atoms with Gasteiger partial charge in [-0.05, 0) is 30.0 Å². The van der Waals surface area contributed by atoms with Crippen LogP contribution in [0.5, 0.6) is 0 Å². The third kappa shape index (κ3) is 3.91. The van der Waals surface area contributed by atoms with Crippen LogP contribution in [0.1, 0.15) is 10.6 Å². The van der Waals surface area contributed by atoms with Gasteiger partial charge >= 0.3 is 0 Å². The first-order chi connectivity index (χ1) is 8.28. The second kappa shape index (κ2) is 6.28. The Morgan fingerprint density at radius 1 is 1.35 bits per heavy atom. The molecule has 2 aromatic rings. The number of halogens is 1. The molecule has 0 saturated heterocycles. The van der Waals surface area contributed by atoms with Crippen LogP contribution < -0.4 is 0 Å². The highest BCUT2D eigenvalue weighted by molar-refractivity contribution is 9.10. The van der Waals surface area contributed by atoms with Crippen molar-refractivity contribution < 1.29 is 5.11 Å². The highest BCUT2D eigenvalue weighted by atomic mass is 79.9. The van der Waals surface area contributed by atoms with E-state index in [2.05, 4.69) is 33.0 Å². The molecule has 0 bridgehead atoms. The smallest absolute Gasteiger partial charge is 0.0928 e.